The molecule has 2 N–H and O–H groups in total. The van der Waals surface area contributed by atoms with E-state index < -0.39 is 0 Å². The van der Waals surface area contributed by atoms with E-state index in [4.69, 9.17) is 18.0 Å². The lowest BCUT2D eigenvalue weighted by molar-refractivity contribution is 0.400. The van der Waals surface area contributed by atoms with Gasteiger partial charge in [-0.1, -0.05) is 12.2 Å². The first-order valence-electron chi connectivity index (χ1n) is 7.04. The molecule has 20 heavy (non-hydrogen) atoms. The van der Waals surface area contributed by atoms with Crippen LogP contribution in [0.1, 0.15) is 30.2 Å². The Morgan fingerprint density at radius 1 is 1.30 bits per heavy atom. The maximum Gasteiger partial charge on any atom is 0.139 e. The molecule has 0 aromatic carbocycles. The van der Waals surface area contributed by atoms with Gasteiger partial charge in [-0.15, -0.1) is 0 Å². The summed E-state index contributed by atoms with van der Waals surface area (Å²) >= 11 is 5.20. The molecule has 1 aromatic rings. The zero-order valence-electron chi connectivity index (χ0n) is 13.2. The van der Waals surface area contributed by atoms with Crippen molar-refractivity contribution in [3.8, 4) is 0 Å². The second kappa shape index (κ2) is 7.55. The number of thiocarbonyl (C=S) groups is 1. The Morgan fingerprint density at radius 3 is 2.45 bits per heavy atom. The highest BCUT2D eigenvalue weighted by molar-refractivity contribution is 7.80. The number of hydrogen-bond donors (Lipinski definition) is 1. The van der Waals surface area contributed by atoms with Gasteiger partial charge in [0.15, 0.2) is 0 Å². The van der Waals surface area contributed by atoms with E-state index in [2.05, 4.69) is 35.8 Å². The van der Waals surface area contributed by atoms with E-state index in [1.54, 1.807) is 0 Å². The van der Waals surface area contributed by atoms with Crippen LogP contribution in [-0.2, 0) is 0 Å². The first-order valence-corrected chi connectivity index (χ1v) is 7.45. The van der Waals surface area contributed by atoms with E-state index in [0.717, 1.165) is 48.7 Å². The van der Waals surface area contributed by atoms with Crippen molar-refractivity contribution in [2.75, 3.05) is 38.6 Å². The van der Waals surface area contributed by atoms with Gasteiger partial charge in [-0.2, -0.15) is 0 Å². The summed E-state index contributed by atoms with van der Waals surface area (Å²) in [6.07, 6.45) is 1.09. The Morgan fingerprint density at radius 2 is 1.95 bits per heavy atom. The summed E-state index contributed by atoms with van der Waals surface area (Å²) in [7, 11) is 4.18. The third-order valence-electron chi connectivity index (χ3n) is 3.29. The molecule has 4 nitrogen and oxygen atoms in total. The summed E-state index contributed by atoms with van der Waals surface area (Å²) in [6.45, 7) is 9.11. The second-order valence-corrected chi connectivity index (χ2v) is 5.82. The van der Waals surface area contributed by atoms with Crippen molar-refractivity contribution in [2.24, 2.45) is 5.73 Å². The molecule has 112 valence electrons. The van der Waals surface area contributed by atoms with Crippen molar-refractivity contribution in [1.29, 1.82) is 0 Å². The molecule has 0 aliphatic carbocycles. The molecule has 1 heterocycles. The summed E-state index contributed by atoms with van der Waals surface area (Å²) < 4.78 is 0. The van der Waals surface area contributed by atoms with E-state index >= 15 is 0 Å². The van der Waals surface area contributed by atoms with Gasteiger partial charge in [0.1, 0.15) is 10.8 Å². The molecular weight excluding hydrogens is 268 g/mol. The Hall–Kier alpha value is -1.20. The largest absolute Gasteiger partial charge is 0.389 e. The van der Waals surface area contributed by atoms with Crippen LogP contribution in [0.3, 0.4) is 0 Å². The fourth-order valence-electron chi connectivity index (χ4n) is 2.34. The van der Waals surface area contributed by atoms with Crippen molar-refractivity contribution in [2.45, 2.75) is 27.2 Å². The lowest BCUT2D eigenvalue weighted by Gasteiger charge is -2.26. The fourth-order valence-corrected chi connectivity index (χ4v) is 2.59. The minimum atomic E-state index is 0.427. The van der Waals surface area contributed by atoms with E-state index in [1.165, 1.54) is 0 Å². The molecule has 0 atom stereocenters. The molecule has 0 spiro atoms. The van der Waals surface area contributed by atoms with Crippen molar-refractivity contribution in [3.05, 3.63) is 22.9 Å². The zero-order chi connectivity index (χ0) is 15.3. The second-order valence-electron chi connectivity index (χ2n) is 5.38. The van der Waals surface area contributed by atoms with E-state index in [0.29, 0.717) is 4.99 Å². The van der Waals surface area contributed by atoms with Crippen molar-refractivity contribution in [3.63, 3.8) is 0 Å². The number of nitrogens with two attached hydrogens (primary N) is 1. The first-order chi connectivity index (χ1) is 9.36. The zero-order valence-corrected chi connectivity index (χ0v) is 14.0. The Labute approximate surface area is 128 Å². The summed E-state index contributed by atoms with van der Waals surface area (Å²) in [5, 5.41) is 0. The van der Waals surface area contributed by atoms with Crippen LogP contribution in [-0.4, -0.2) is 48.6 Å². The minimum Gasteiger partial charge on any atom is -0.389 e. The van der Waals surface area contributed by atoms with Gasteiger partial charge < -0.3 is 15.5 Å². The van der Waals surface area contributed by atoms with Gasteiger partial charge >= 0.3 is 0 Å². The Bertz CT molecular complexity index is 471. The van der Waals surface area contributed by atoms with Gasteiger partial charge in [0.25, 0.3) is 0 Å². The molecule has 0 radical (unpaired) electrons. The van der Waals surface area contributed by atoms with Crippen molar-refractivity contribution < 1.29 is 0 Å². The molecule has 0 saturated heterocycles. The van der Waals surface area contributed by atoms with Gasteiger partial charge in [-0.25, -0.2) is 4.98 Å². The van der Waals surface area contributed by atoms with E-state index in [9.17, 15) is 0 Å². The average Bonchev–Trinajstić information content (AvgIpc) is 2.32. The van der Waals surface area contributed by atoms with Crippen molar-refractivity contribution in [1.82, 2.24) is 9.88 Å². The van der Waals surface area contributed by atoms with Crippen LogP contribution in [0.25, 0.3) is 0 Å². The Kier molecular flexibility index (Phi) is 6.36. The number of anilines is 1. The smallest absolute Gasteiger partial charge is 0.139 e. The van der Waals surface area contributed by atoms with Gasteiger partial charge in [0.2, 0.25) is 0 Å². The maximum absolute atomic E-state index is 5.89. The molecule has 0 aliphatic heterocycles. The van der Waals surface area contributed by atoms with E-state index in [1.807, 2.05) is 19.9 Å². The van der Waals surface area contributed by atoms with Crippen LogP contribution in [0.15, 0.2) is 6.07 Å². The molecule has 1 aromatic heterocycles. The number of hydrogen-bond acceptors (Lipinski definition) is 4. The summed E-state index contributed by atoms with van der Waals surface area (Å²) in [4.78, 5) is 9.55. The molecule has 0 saturated carbocycles. The quantitative estimate of drug-likeness (QED) is 0.780. The van der Waals surface area contributed by atoms with Crippen LogP contribution in [0.5, 0.6) is 0 Å². The first kappa shape index (κ1) is 16.9. The van der Waals surface area contributed by atoms with Gasteiger partial charge in [-0.3, -0.25) is 0 Å². The molecule has 1 rings (SSSR count). The van der Waals surface area contributed by atoms with Crippen molar-refractivity contribution >= 4 is 23.0 Å². The van der Waals surface area contributed by atoms with Crippen LogP contribution in [0, 0.1) is 13.8 Å². The standard InChI is InChI=1S/C15H26N4S/c1-6-19(9-7-8-18(4)5)15-13(14(16)20)11(2)10-12(3)17-15/h10H,6-9H2,1-5H3,(H2,16,20). The lowest BCUT2D eigenvalue weighted by atomic mass is 10.1. The summed E-state index contributed by atoms with van der Waals surface area (Å²) in [6, 6.07) is 2.03. The number of pyridine rings is 1. The topological polar surface area (TPSA) is 45.4 Å². The summed E-state index contributed by atoms with van der Waals surface area (Å²) in [5.41, 5.74) is 8.91. The third-order valence-corrected chi connectivity index (χ3v) is 3.49. The van der Waals surface area contributed by atoms with Gasteiger partial charge in [-0.05, 0) is 59.5 Å². The maximum atomic E-state index is 5.89. The highest BCUT2D eigenvalue weighted by Crippen LogP contribution is 2.22. The van der Waals surface area contributed by atoms with Crippen LogP contribution in [0.2, 0.25) is 0 Å². The van der Waals surface area contributed by atoms with Gasteiger partial charge in [0, 0.05) is 18.8 Å². The predicted octanol–water partition coefficient (Wildman–Crippen LogP) is 2.11. The van der Waals surface area contributed by atoms with Crippen LogP contribution >= 0.6 is 12.2 Å². The molecule has 0 aliphatic rings. The molecular formula is C15H26N4S. The highest BCUT2D eigenvalue weighted by atomic mass is 32.1. The number of aryl methyl sites for hydroxylation is 2. The number of aromatic nitrogens is 1. The molecule has 0 bridgehead atoms. The summed E-state index contributed by atoms with van der Waals surface area (Å²) in [5.74, 6) is 0.927. The van der Waals surface area contributed by atoms with E-state index in [-0.39, 0.29) is 0 Å². The third kappa shape index (κ3) is 4.42. The minimum absolute atomic E-state index is 0.427. The molecule has 0 unspecified atom stereocenters. The Balaban J connectivity index is 3.04. The highest BCUT2D eigenvalue weighted by Gasteiger charge is 2.16. The SMILES string of the molecule is CCN(CCCN(C)C)c1nc(C)cc(C)c1C(N)=S. The van der Waals surface area contributed by atoms with Gasteiger partial charge in [0.05, 0.1) is 5.56 Å². The predicted molar refractivity (Wildman–Crippen MR) is 90.7 cm³/mol. The van der Waals surface area contributed by atoms with Crippen LogP contribution in [0.4, 0.5) is 5.82 Å². The number of rotatable bonds is 7. The monoisotopic (exact) mass is 294 g/mol. The van der Waals surface area contributed by atoms with Crippen LogP contribution < -0.4 is 10.6 Å². The molecule has 0 amide bonds. The number of nitrogens with zero attached hydrogens (tertiary/aromatic N) is 3. The fraction of sp³-hybridized carbons (Fsp3) is 0.600. The molecule has 0 fully saturated rings. The molecule has 5 heteroatoms. The average molecular weight is 294 g/mol. The lowest BCUT2D eigenvalue weighted by Crippen LogP contribution is -2.30. The normalized spacial score (nSPS) is 10.9.